The van der Waals surface area contributed by atoms with Crippen molar-refractivity contribution in [2.75, 3.05) is 0 Å². The van der Waals surface area contributed by atoms with Crippen molar-refractivity contribution < 1.29 is 0 Å². The summed E-state index contributed by atoms with van der Waals surface area (Å²) >= 11 is 5.81. The Kier molecular flexibility index (Phi) is 2.17. The number of nitrogens with zero attached hydrogens (tertiary/aromatic N) is 4. The van der Waals surface area contributed by atoms with E-state index < -0.39 is 0 Å². The second kappa shape index (κ2) is 3.48. The van der Waals surface area contributed by atoms with E-state index in [1.165, 1.54) is 11.0 Å². The van der Waals surface area contributed by atoms with E-state index in [9.17, 15) is 0 Å². The van der Waals surface area contributed by atoms with Crippen LogP contribution in [0.4, 0.5) is 0 Å². The summed E-state index contributed by atoms with van der Waals surface area (Å²) in [4.78, 5) is 3.79. The van der Waals surface area contributed by atoms with E-state index in [1.54, 1.807) is 24.3 Å². The Balaban J connectivity index is 2.56. The number of hydrogen-bond acceptors (Lipinski definition) is 3. The molecule has 68 valence electrons. The molecule has 0 aliphatic heterocycles. The molecule has 2 aromatic rings. The van der Waals surface area contributed by atoms with Gasteiger partial charge >= 0.3 is 0 Å². The molecular formula is C9H5ClN4. The van der Waals surface area contributed by atoms with E-state index in [1.807, 2.05) is 6.07 Å². The molecule has 0 atom stereocenters. The lowest BCUT2D eigenvalue weighted by molar-refractivity contribution is 0.863. The third-order valence-corrected chi connectivity index (χ3v) is 1.94. The van der Waals surface area contributed by atoms with Gasteiger partial charge in [0, 0.05) is 5.02 Å². The van der Waals surface area contributed by atoms with E-state index in [0.717, 1.165) is 5.69 Å². The zero-order valence-corrected chi connectivity index (χ0v) is 7.81. The van der Waals surface area contributed by atoms with E-state index >= 15 is 0 Å². The highest BCUT2D eigenvalue weighted by Gasteiger charge is 2.04. The summed E-state index contributed by atoms with van der Waals surface area (Å²) < 4.78 is 1.44. The van der Waals surface area contributed by atoms with Crippen LogP contribution in [0.25, 0.3) is 5.69 Å². The standard InChI is InChI=1S/C9H5ClN4/c10-7-2-1-3-8(4-7)14-9(5-11)12-6-13-14/h1-4,6H. The minimum absolute atomic E-state index is 0.243. The summed E-state index contributed by atoms with van der Waals surface area (Å²) in [6.07, 6.45) is 1.33. The first-order valence-corrected chi connectivity index (χ1v) is 4.25. The zero-order valence-electron chi connectivity index (χ0n) is 7.05. The van der Waals surface area contributed by atoms with Crippen LogP contribution in [0.2, 0.25) is 5.02 Å². The number of nitriles is 1. The average Bonchev–Trinajstić information content (AvgIpc) is 2.65. The highest BCUT2D eigenvalue weighted by Crippen LogP contribution is 2.14. The lowest BCUT2D eigenvalue weighted by atomic mass is 10.3. The molecule has 0 radical (unpaired) electrons. The van der Waals surface area contributed by atoms with Crippen molar-refractivity contribution in [2.45, 2.75) is 0 Å². The van der Waals surface area contributed by atoms with Gasteiger partial charge in [0.1, 0.15) is 12.4 Å². The minimum atomic E-state index is 0.243. The Morgan fingerprint density at radius 3 is 3.00 bits per heavy atom. The van der Waals surface area contributed by atoms with E-state index in [-0.39, 0.29) is 5.82 Å². The fourth-order valence-corrected chi connectivity index (χ4v) is 1.30. The molecule has 1 aromatic carbocycles. The van der Waals surface area contributed by atoms with Gasteiger partial charge in [0.25, 0.3) is 0 Å². The molecule has 0 saturated heterocycles. The molecule has 1 heterocycles. The van der Waals surface area contributed by atoms with Crippen LogP contribution in [0, 0.1) is 11.3 Å². The Morgan fingerprint density at radius 2 is 2.29 bits per heavy atom. The van der Waals surface area contributed by atoms with Crippen LogP contribution >= 0.6 is 11.6 Å². The molecule has 0 bridgehead atoms. The molecule has 0 spiro atoms. The molecule has 1 aromatic heterocycles. The number of hydrogen-bond donors (Lipinski definition) is 0. The topological polar surface area (TPSA) is 54.5 Å². The monoisotopic (exact) mass is 204 g/mol. The van der Waals surface area contributed by atoms with Crippen molar-refractivity contribution in [1.29, 1.82) is 5.26 Å². The van der Waals surface area contributed by atoms with E-state index in [2.05, 4.69) is 10.1 Å². The van der Waals surface area contributed by atoms with Gasteiger partial charge in [-0.2, -0.15) is 10.4 Å². The van der Waals surface area contributed by atoms with Gasteiger partial charge in [-0.05, 0) is 18.2 Å². The van der Waals surface area contributed by atoms with Crippen LogP contribution in [-0.4, -0.2) is 14.8 Å². The lowest BCUT2D eigenvalue weighted by Crippen LogP contribution is -1.99. The molecule has 2 rings (SSSR count). The predicted molar refractivity (Wildman–Crippen MR) is 51.1 cm³/mol. The first-order chi connectivity index (χ1) is 6.81. The molecule has 0 fully saturated rings. The maximum Gasteiger partial charge on any atom is 0.235 e. The third kappa shape index (κ3) is 1.45. The molecule has 0 amide bonds. The quantitative estimate of drug-likeness (QED) is 0.712. The summed E-state index contributed by atoms with van der Waals surface area (Å²) in [6, 6.07) is 9.02. The number of halogens is 1. The fraction of sp³-hybridized carbons (Fsp3) is 0. The molecule has 5 heteroatoms. The minimum Gasteiger partial charge on any atom is -0.205 e. The largest absolute Gasteiger partial charge is 0.235 e. The summed E-state index contributed by atoms with van der Waals surface area (Å²) in [5.74, 6) is 0.243. The van der Waals surface area contributed by atoms with Gasteiger partial charge in [-0.3, -0.25) is 0 Å². The normalized spacial score (nSPS) is 9.71. The third-order valence-electron chi connectivity index (χ3n) is 1.70. The SMILES string of the molecule is N#Cc1ncnn1-c1cccc(Cl)c1. The first-order valence-electron chi connectivity index (χ1n) is 3.87. The van der Waals surface area contributed by atoms with Gasteiger partial charge < -0.3 is 0 Å². The maximum absolute atomic E-state index is 8.73. The van der Waals surface area contributed by atoms with Gasteiger partial charge in [-0.15, -0.1) is 0 Å². The summed E-state index contributed by atoms with van der Waals surface area (Å²) in [7, 11) is 0. The Bertz CT molecular complexity index is 498. The van der Waals surface area contributed by atoms with Gasteiger partial charge in [0.05, 0.1) is 5.69 Å². The van der Waals surface area contributed by atoms with Gasteiger partial charge in [0.2, 0.25) is 5.82 Å². The number of rotatable bonds is 1. The molecular weight excluding hydrogens is 200 g/mol. The van der Waals surface area contributed by atoms with Crippen molar-refractivity contribution in [3.8, 4) is 11.8 Å². The molecule has 0 saturated carbocycles. The Morgan fingerprint density at radius 1 is 1.43 bits per heavy atom. The molecule has 0 unspecified atom stereocenters. The Hall–Kier alpha value is -1.86. The predicted octanol–water partition coefficient (Wildman–Crippen LogP) is 1.79. The second-order valence-electron chi connectivity index (χ2n) is 2.59. The second-order valence-corrected chi connectivity index (χ2v) is 3.02. The summed E-state index contributed by atoms with van der Waals surface area (Å²) in [5, 5.41) is 13.3. The number of aromatic nitrogens is 3. The maximum atomic E-state index is 8.73. The van der Waals surface area contributed by atoms with Crippen molar-refractivity contribution >= 4 is 11.6 Å². The van der Waals surface area contributed by atoms with Crippen molar-refractivity contribution in [2.24, 2.45) is 0 Å². The molecule has 4 nitrogen and oxygen atoms in total. The van der Waals surface area contributed by atoms with Crippen LogP contribution in [0.3, 0.4) is 0 Å². The van der Waals surface area contributed by atoms with Crippen LogP contribution in [0.1, 0.15) is 5.82 Å². The van der Waals surface area contributed by atoms with Gasteiger partial charge in [-0.1, -0.05) is 17.7 Å². The smallest absolute Gasteiger partial charge is 0.205 e. The van der Waals surface area contributed by atoms with Gasteiger partial charge in [-0.25, -0.2) is 9.67 Å². The van der Waals surface area contributed by atoms with Crippen LogP contribution < -0.4 is 0 Å². The van der Waals surface area contributed by atoms with Crippen LogP contribution in [0.5, 0.6) is 0 Å². The zero-order chi connectivity index (χ0) is 9.97. The van der Waals surface area contributed by atoms with Crippen LogP contribution in [0.15, 0.2) is 30.6 Å². The summed E-state index contributed by atoms with van der Waals surface area (Å²) in [5.41, 5.74) is 0.728. The van der Waals surface area contributed by atoms with Crippen molar-refractivity contribution in [1.82, 2.24) is 14.8 Å². The number of benzene rings is 1. The molecule has 0 aliphatic carbocycles. The lowest BCUT2D eigenvalue weighted by Gasteiger charge is -2.00. The molecule has 0 aliphatic rings. The van der Waals surface area contributed by atoms with Crippen molar-refractivity contribution in [3.05, 3.63) is 41.4 Å². The van der Waals surface area contributed by atoms with Crippen molar-refractivity contribution in [3.63, 3.8) is 0 Å². The fourth-order valence-electron chi connectivity index (χ4n) is 1.11. The molecule has 0 N–H and O–H groups in total. The highest BCUT2D eigenvalue weighted by molar-refractivity contribution is 6.30. The molecule has 14 heavy (non-hydrogen) atoms. The average molecular weight is 205 g/mol. The van der Waals surface area contributed by atoms with Gasteiger partial charge in [0.15, 0.2) is 0 Å². The summed E-state index contributed by atoms with van der Waals surface area (Å²) in [6.45, 7) is 0. The van der Waals surface area contributed by atoms with E-state index in [4.69, 9.17) is 16.9 Å². The first kappa shape index (κ1) is 8.73. The Labute approximate surface area is 85.4 Å². The highest BCUT2D eigenvalue weighted by atomic mass is 35.5. The van der Waals surface area contributed by atoms with E-state index in [0.29, 0.717) is 5.02 Å². The van der Waals surface area contributed by atoms with Crippen LogP contribution in [-0.2, 0) is 0 Å².